The van der Waals surface area contributed by atoms with Crippen molar-refractivity contribution in [1.82, 2.24) is 10.2 Å². The third kappa shape index (κ3) is 10.7. The van der Waals surface area contributed by atoms with Gasteiger partial charge in [-0.1, -0.05) is 0 Å². The van der Waals surface area contributed by atoms with Gasteiger partial charge in [-0.15, -0.1) is 0 Å². The Balaban J connectivity index is 4.03. The monoisotopic (exact) mass is 245 g/mol. The van der Waals surface area contributed by atoms with Gasteiger partial charge in [0.05, 0.1) is 0 Å². The van der Waals surface area contributed by atoms with Gasteiger partial charge in [0.25, 0.3) is 0 Å². The maximum Gasteiger partial charge on any atom is 0.0167 e. The Labute approximate surface area is 106 Å². The molecule has 0 spiro atoms. The second-order valence-corrected chi connectivity index (χ2v) is 5.46. The molecule has 5 heteroatoms. The van der Waals surface area contributed by atoms with Crippen molar-refractivity contribution in [3.63, 3.8) is 0 Å². The minimum atomic E-state index is 0.175. The zero-order chi connectivity index (χ0) is 13.4. The number of nitrogens with zero attached hydrogens (tertiary/aromatic N) is 1. The normalized spacial score (nSPS) is 19.1. The third-order valence-electron chi connectivity index (χ3n) is 2.41. The van der Waals surface area contributed by atoms with E-state index in [-0.39, 0.29) is 18.1 Å². The van der Waals surface area contributed by atoms with Gasteiger partial charge in [0, 0.05) is 50.3 Å². The van der Waals surface area contributed by atoms with Gasteiger partial charge in [0.1, 0.15) is 0 Å². The molecule has 0 radical (unpaired) electrons. The van der Waals surface area contributed by atoms with Crippen LogP contribution in [-0.2, 0) is 0 Å². The standard InChI is InChI=1S/C12H31N5/c1-9(13)5-16-12(4)8-17(6-10(2)14)7-11(3)15/h9-12,16H,5-8,13-15H2,1-4H3. The molecular weight excluding hydrogens is 214 g/mol. The molecule has 0 aromatic heterocycles. The van der Waals surface area contributed by atoms with Crippen molar-refractivity contribution in [1.29, 1.82) is 0 Å². The summed E-state index contributed by atoms with van der Waals surface area (Å²) in [7, 11) is 0. The molecule has 104 valence electrons. The summed E-state index contributed by atoms with van der Waals surface area (Å²) in [6.45, 7) is 11.8. The Morgan fingerprint density at radius 2 is 1.29 bits per heavy atom. The Bertz CT molecular complexity index is 172. The molecule has 0 fully saturated rings. The minimum absolute atomic E-state index is 0.175. The summed E-state index contributed by atoms with van der Waals surface area (Å²) in [4.78, 5) is 2.31. The first kappa shape index (κ1) is 16.8. The molecule has 7 N–H and O–H groups in total. The molecule has 4 atom stereocenters. The van der Waals surface area contributed by atoms with Gasteiger partial charge in [-0.25, -0.2) is 0 Å². The van der Waals surface area contributed by atoms with Gasteiger partial charge in [0.2, 0.25) is 0 Å². The van der Waals surface area contributed by atoms with Gasteiger partial charge in [0.15, 0.2) is 0 Å². The van der Waals surface area contributed by atoms with Gasteiger partial charge >= 0.3 is 0 Å². The van der Waals surface area contributed by atoms with Crippen molar-refractivity contribution in [3.05, 3.63) is 0 Å². The van der Waals surface area contributed by atoms with Crippen LogP contribution in [0.25, 0.3) is 0 Å². The van der Waals surface area contributed by atoms with E-state index in [1.54, 1.807) is 0 Å². The third-order valence-corrected chi connectivity index (χ3v) is 2.41. The molecule has 0 aliphatic heterocycles. The van der Waals surface area contributed by atoms with Crippen LogP contribution in [0.3, 0.4) is 0 Å². The van der Waals surface area contributed by atoms with E-state index in [2.05, 4.69) is 17.1 Å². The number of hydrogen-bond donors (Lipinski definition) is 4. The van der Waals surface area contributed by atoms with Crippen LogP contribution in [0.2, 0.25) is 0 Å². The summed E-state index contributed by atoms with van der Waals surface area (Å²) in [6.07, 6.45) is 0. The van der Waals surface area contributed by atoms with E-state index in [4.69, 9.17) is 17.2 Å². The molecule has 0 rings (SSSR count). The molecular formula is C12H31N5. The fraction of sp³-hybridized carbons (Fsp3) is 1.00. The Kier molecular flexibility index (Phi) is 8.72. The lowest BCUT2D eigenvalue weighted by atomic mass is 10.2. The maximum absolute atomic E-state index is 5.84. The second-order valence-electron chi connectivity index (χ2n) is 5.46. The van der Waals surface area contributed by atoms with Crippen molar-refractivity contribution >= 4 is 0 Å². The van der Waals surface area contributed by atoms with Crippen molar-refractivity contribution in [2.45, 2.75) is 51.9 Å². The Hall–Kier alpha value is -0.200. The lowest BCUT2D eigenvalue weighted by molar-refractivity contribution is 0.226. The summed E-state index contributed by atoms with van der Waals surface area (Å²) in [5.74, 6) is 0. The molecule has 0 heterocycles. The molecule has 0 amide bonds. The maximum atomic E-state index is 5.84. The fourth-order valence-corrected chi connectivity index (χ4v) is 1.88. The molecule has 17 heavy (non-hydrogen) atoms. The highest BCUT2D eigenvalue weighted by Gasteiger charge is 2.13. The van der Waals surface area contributed by atoms with E-state index in [1.807, 2.05) is 20.8 Å². The van der Waals surface area contributed by atoms with Gasteiger partial charge in [-0.05, 0) is 27.7 Å². The quantitative estimate of drug-likeness (QED) is 0.431. The summed E-state index contributed by atoms with van der Waals surface area (Å²) >= 11 is 0. The predicted molar refractivity (Wildman–Crippen MR) is 74.9 cm³/mol. The van der Waals surface area contributed by atoms with Crippen molar-refractivity contribution in [2.75, 3.05) is 26.2 Å². The second kappa shape index (κ2) is 8.83. The summed E-state index contributed by atoms with van der Waals surface area (Å²) in [5.41, 5.74) is 17.4. The van der Waals surface area contributed by atoms with E-state index in [0.717, 1.165) is 26.2 Å². The largest absolute Gasteiger partial charge is 0.327 e. The zero-order valence-electron chi connectivity index (χ0n) is 11.8. The average molecular weight is 245 g/mol. The number of nitrogens with one attached hydrogen (secondary N) is 1. The topological polar surface area (TPSA) is 93.3 Å². The minimum Gasteiger partial charge on any atom is -0.327 e. The van der Waals surface area contributed by atoms with Gasteiger partial charge in [-0.2, -0.15) is 0 Å². The number of hydrogen-bond acceptors (Lipinski definition) is 5. The molecule has 5 nitrogen and oxygen atoms in total. The Morgan fingerprint density at radius 1 is 0.824 bits per heavy atom. The van der Waals surface area contributed by atoms with Crippen molar-refractivity contribution in [2.24, 2.45) is 17.2 Å². The van der Waals surface area contributed by atoms with Gasteiger partial charge < -0.3 is 22.5 Å². The molecule has 4 unspecified atom stereocenters. The lowest BCUT2D eigenvalue weighted by Gasteiger charge is -2.29. The van der Waals surface area contributed by atoms with Crippen LogP contribution in [0, 0.1) is 0 Å². The molecule has 0 saturated carbocycles. The van der Waals surface area contributed by atoms with E-state index < -0.39 is 0 Å². The molecule has 0 aromatic carbocycles. The summed E-state index contributed by atoms with van der Waals surface area (Å²) in [6, 6.07) is 0.940. The number of rotatable bonds is 9. The van der Waals surface area contributed by atoms with Crippen LogP contribution in [-0.4, -0.2) is 55.2 Å². The van der Waals surface area contributed by atoms with Crippen LogP contribution in [0.1, 0.15) is 27.7 Å². The number of nitrogens with two attached hydrogens (primary N) is 3. The lowest BCUT2D eigenvalue weighted by Crippen LogP contribution is -2.48. The Morgan fingerprint density at radius 3 is 1.65 bits per heavy atom. The van der Waals surface area contributed by atoms with E-state index in [9.17, 15) is 0 Å². The molecule has 0 aromatic rings. The van der Waals surface area contributed by atoms with Crippen LogP contribution >= 0.6 is 0 Å². The van der Waals surface area contributed by atoms with Crippen LogP contribution < -0.4 is 22.5 Å². The highest BCUT2D eigenvalue weighted by atomic mass is 15.2. The first-order valence-corrected chi connectivity index (χ1v) is 6.53. The van der Waals surface area contributed by atoms with E-state index in [1.165, 1.54) is 0 Å². The van der Waals surface area contributed by atoms with Gasteiger partial charge in [-0.3, -0.25) is 4.90 Å². The summed E-state index contributed by atoms with van der Waals surface area (Å²) < 4.78 is 0. The predicted octanol–water partition coefficient (Wildman–Crippen LogP) is -0.692. The first-order valence-electron chi connectivity index (χ1n) is 6.53. The molecule has 0 aliphatic rings. The molecule has 0 aliphatic carbocycles. The van der Waals surface area contributed by atoms with Crippen LogP contribution in [0.4, 0.5) is 0 Å². The first-order chi connectivity index (χ1) is 7.81. The summed E-state index contributed by atoms with van der Waals surface area (Å²) in [5, 5.41) is 3.41. The van der Waals surface area contributed by atoms with Crippen molar-refractivity contribution < 1.29 is 0 Å². The molecule has 0 saturated heterocycles. The van der Waals surface area contributed by atoms with E-state index in [0.29, 0.717) is 6.04 Å². The SMILES string of the molecule is CC(N)CNC(C)CN(CC(C)N)CC(C)N. The highest BCUT2D eigenvalue weighted by molar-refractivity contribution is 4.74. The fourth-order valence-electron chi connectivity index (χ4n) is 1.88. The average Bonchev–Trinajstić information content (AvgIpc) is 2.12. The zero-order valence-corrected chi connectivity index (χ0v) is 11.8. The molecule has 0 bridgehead atoms. The smallest absolute Gasteiger partial charge is 0.0167 e. The van der Waals surface area contributed by atoms with E-state index >= 15 is 0 Å². The highest BCUT2D eigenvalue weighted by Crippen LogP contribution is 1.96. The van der Waals surface area contributed by atoms with Crippen LogP contribution in [0.15, 0.2) is 0 Å². The van der Waals surface area contributed by atoms with Crippen LogP contribution in [0.5, 0.6) is 0 Å². The van der Waals surface area contributed by atoms with Crippen molar-refractivity contribution in [3.8, 4) is 0 Å².